The number of rotatable bonds is 3. The third-order valence-corrected chi connectivity index (χ3v) is 1.87. The van der Waals surface area contributed by atoms with E-state index in [4.69, 9.17) is 4.55 Å². The van der Waals surface area contributed by atoms with Crippen molar-refractivity contribution in [3.8, 4) is 0 Å². The van der Waals surface area contributed by atoms with E-state index < -0.39 is 21.5 Å². The van der Waals surface area contributed by atoms with E-state index in [1.807, 2.05) is 0 Å². The van der Waals surface area contributed by atoms with E-state index in [0.29, 0.717) is 0 Å². The predicted octanol–water partition coefficient (Wildman–Crippen LogP) is -0.0124. The molecule has 0 aliphatic rings. The summed E-state index contributed by atoms with van der Waals surface area (Å²) in [5, 5.41) is 0. The van der Waals surface area contributed by atoms with Crippen molar-refractivity contribution in [3.05, 3.63) is 6.42 Å². The maximum Gasteiger partial charge on any atom is 0.310 e. The van der Waals surface area contributed by atoms with Gasteiger partial charge in [-0.2, -0.15) is 8.42 Å². The zero-order chi connectivity index (χ0) is 9.07. The lowest BCUT2D eigenvalue weighted by Gasteiger charge is -2.07. The Morgan fingerprint density at radius 2 is 2.09 bits per heavy atom. The molecular weight excluding hydrogens is 172 g/mol. The number of esters is 1. The first-order chi connectivity index (χ1) is 4.88. The fourth-order valence-corrected chi connectivity index (χ4v) is 0.509. The lowest BCUT2D eigenvalue weighted by Crippen LogP contribution is -2.23. The molecule has 5 nitrogen and oxygen atoms in total. The SMILES string of the molecule is C[CH]C(=O)OC(C)S(=O)(=O)O. The average Bonchev–Trinajstić information content (AvgIpc) is 1.85. The van der Waals surface area contributed by atoms with Crippen LogP contribution in [-0.4, -0.2) is 24.4 Å². The third kappa shape index (κ3) is 3.94. The van der Waals surface area contributed by atoms with E-state index in [0.717, 1.165) is 13.3 Å². The molecule has 0 saturated carbocycles. The molecule has 0 aliphatic carbocycles. The summed E-state index contributed by atoms with van der Waals surface area (Å²) in [6, 6.07) is 0. The Morgan fingerprint density at radius 3 is 2.36 bits per heavy atom. The lowest BCUT2D eigenvalue weighted by molar-refractivity contribution is -0.140. The summed E-state index contributed by atoms with van der Waals surface area (Å²) in [7, 11) is -4.27. The Labute approximate surface area is 65.1 Å². The minimum Gasteiger partial charge on any atom is -0.443 e. The molecule has 0 aliphatic heterocycles. The van der Waals surface area contributed by atoms with Crippen LogP contribution in [0.1, 0.15) is 13.8 Å². The molecule has 0 aromatic carbocycles. The highest BCUT2D eigenvalue weighted by Crippen LogP contribution is 2.00. The van der Waals surface area contributed by atoms with Crippen LogP contribution < -0.4 is 0 Å². The van der Waals surface area contributed by atoms with Crippen molar-refractivity contribution in [1.82, 2.24) is 0 Å². The standard InChI is InChI=1S/C5H9O5S/c1-3-5(6)10-4(2)11(7,8)9/h3-4H,1-2H3,(H,7,8,9). The fraction of sp³-hybridized carbons (Fsp3) is 0.600. The highest BCUT2D eigenvalue weighted by Gasteiger charge is 2.20. The van der Waals surface area contributed by atoms with Gasteiger partial charge in [-0.3, -0.25) is 9.35 Å². The summed E-state index contributed by atoms with van der Waals surface area (Å²) in [5.41, 5.74) is -1.51. The van der Waals surface area contributed by atoms with Gasteiger partial charge in [0.05, 0.1) is 6.42 Å². The van der Waals surface area contributed by atoms with Crippen molar-refractivity contribution in [2.24, 2.45) is 0 Å². The van der Waals surface area contributed by atoms with Crippen LogP contribution in [0.4, 0.5) is 0 Å². The minimum absolute atomic E-state index is 0.782. The first-order valence-electron chi connectivity index (χ1n) is 2.84. The highest BCUT2D eigenvalue weighted by molar-refractivity contribution is 7.86. The van der Waals surface area contributed by atoms with Crippen molar-refractivity contribution < 1.29 is 22.5 Å². The topological polar surface area (TPSA) is 80.7 Å². The van der Waals surface area contributed by atoms with E-state index >= 15 is 0 Å². The van der Waals surface area contributed by atoms with Crippen molar-refractivity contribution >= 4 is 16.1 Å². The predicted molar refractivity (Wildman–Crippen MR) is 37.1 cm³/mol. The van der Waals surface area contributed by atoms with E-state index in [2.05, 4.69) is 4.74 Å². The number of carbonyl (C=O) groups excluding carboxylic acids is 1. The van der Waals surface area contributed by atoms with Crippen LogP contribution in [-0.2, 0) is 19.6 Å². The molecule has 11 heavy (non-hydrogen) atoms. The normalized spacial score (nSPS) is 14.1. The molecule has 6 heteroatoms. The van der Waals surface area contributed by atoms with Gasteiger partial charge in [0.25, 0.3) is 0 Å². The number of carbonyl (C=O) groups is 1. The van der Waals surface area contributed by atoms with Gasteiger partial charge in [-0.1, -0.05) is 6.92 Å². The van der Waals surface area contributed by atoms with Gasteiger partial charge in [0.2, 0.25) is 5.44 Å². The number of ether oxygens (including phenoxy) is 1. The molecule has 0 fully saturated rings. The Balaban J connectivity index is 4.10. The fourth-order valence-electron chi connectivity index (χ4n) is 0.292. The van der Waals surface area contributed by atoms with Crippen LogP contribution in [0.2, 0.25) is 0 Å². The molecule has 1 N–H and O–H groups in total. The van der Waals surface area contributed by atoms with E-state index in [9.17, 15) is 13.2 Å². The van der Waals surface area contributed by atoms with Crippen molar-refractivity contribution in [2.45, 2.75) is 19.3 Å². The van der Waals surface area contributed by atoms with Gasteiger partial charge in [0.1, 0.15) is 0 Å². The first-order valence-corrected chi connectivity index (χ1v) is 4.34. The quantitative estimate of drug-likeness (QED) is 0.489. The third-order valence-electron chi connectivity index (χ3n) is 0.937. The highest BCUT2D eigenvalue weighted by atomic mass is 32.2. The van der Waals surface area contributed by atoms with Crippen LogP contribution in [0.5, 0.6) is 0 Å². The van der Waals surface area contributed by atoms with Crippen LogP contribution in [0.3, 0.4) is 0 Å². The second-order valence-electron chi connectivity index (χ2n) is 1.81. The largest absolute Gasteiger partial charge is 0.443 e. The zero-order valence-corrected chi connectivity index (χ0v) is 6.96. The van der Waals surface area contributed by atoms with Crippen molar-refractivity contribution in [1.29, 1.82) is 0 Å². The van der Waals surface area contributed by atoms with Crippen LogP contribution >= 0.6 is 0 Å². The van der Waals surface area contributed by atoms with E-state index in [1.165, 1.54) is 6.92 Å². The molecule has 1 atom stereocenters. The van der Waals surface area contributed by atoms with Gasteiger partial charge in [-0.15, -0.1) is 0 Å². The van der Waals surface area contributed by atoms with Crippen molar-refractivity contribution in [2.75, 3.05) is 0 Å². The second-order valence-corrected chi connectivity index (χ2v) is 3.50. The molecule has 0 bridgehead atoms. The minimum atomic E-state index is -4.27. The molecule has 0 saturated heterocycles. The summed E-state index contributed by atoms with van der Waals surface area (Å²) in [5.74, 6) is -0.782. The maximum atomic E-state index is 10.4. The molecule has 0 spiro atoms. The zero-order valence-electron chi connectivity index (χ0n) is 6.14. The average molecular weight is 181 g/mol. The first kappa shape index (κ1) is 10.4. The van der Waals surface area contributed by atoms with Gasteiger partial charge in [0.15, 0.2) is 0 Å². The molecule has 0 aromatic rings. The lowest BCUT2D eigenvalue weighted by atomic mass is 10.5. The summed E-state index contributed by atoms with van der Waals surface area (Å²) < 4.78 is 33.0. The Kier molecular flexibility index (Phi) is 3.47. The smallest absolute Gasteiger partial charge is 0.310 e. The second kappa shape index (κ2) is 3.68. The monoisotopic (exact) mass is 181 g/mol. The number of hydrogen-bond donors (Lipinski definition) is 1. The molecule has 65 valence electrons. The van der Waals surface area contributed by atoms with E-state index in [1.54, 1.807) is 0 Å². The van der Waals surface area contributed by atoms with Crippen LogP contribution in [0.15, 0.2) is 0 Å². The summed E-state index contributed by atoms with van der Waals surface area (Å²) in [6.07, 6.45) is 1.06. The van der Waals surface area contributed by atoms with Gasteiger partial charge in [-0.05, 0) is 6.92 Å². The molecule has 0 heterocycles. The molecule has 0 aromatic heterocycles. The molecule has 0 amide bonds. The van der Waals surface area contributed by atoms with Gasteiger partial charge >= 0.3 is 16.1 Å². The van der Waals surface area contributed by atoms with Crippen LogP contribution in [0, 0.1) is 6.42 Å². The van der Waals surface area contributed by atoms with Crippen LogP contribution in [0.25, 0.3) is 0 Å². The maximum absolute atomic E-state index is 10.4. The molecule has 0 rings (SSSR count). The summed E-state index contributed by atoms with van der Waals surface area (Å²) >= 11 is 0. The Bertz CT molecular complexity index is 229. The number of hydrogen-bond acceptors (Lipinski definition) is 4. The van der Waals surface area contributed by atoms with Gasteiger partial charge in [0, 0.05) is 0 Å². The Hall–Kier alpha value is -0.620. The molecular formula is C5H9O5S. The van der Waals surface area contributed by atoms with Gasteiger partial charge in [-0.25, -0.2) is 0 Å². The molecule has 1 unspecified atom stereocenters. The summed E-state index contributed by atoms with van der Waals surface area (Å²) in [4.78, 5) is 10.4. The Morgan fingerprint density at radius 1 is 1.64 bits per heavy atom. The van der Waals surface area contributed by atoms with Crippen molar-refractivity contribution in [3.63, 3.8) is 0 Å². The molecule has 1 radical (unpaired) electrons. The van der Waals surface area contributed by atoms with Gasteiger partial charge < -0.3 is 4.74 Å². The van der Waals surface area contributed by atoms with E-state index in [-0.39, 0.29) is 0 Å². The summed E-state index contributed by atoms with van der Waals surface area (Å²) in [6.45, 7) is 2.47.